The first kappa shape index (κ1) is 20.1. The molecule has 0 aliphatic carbocycles. The third-order valence-electron chi connectivity index (χ3n) is 5.58. The third-order valence-corrected chi connectivity index (χ3v) is 6.57. The molecule has 0 unspecified atom stereocenters. The summed E-state index contributed by atoms with van der Waals surface area (Å²) in [7, 11) is 3.35. The smallest absolute Gasteiger partial charge is 0.254 e. The van der Waals surface area contributed by atoms with Gasteiger partial charge < -0.3 is 15.0 Å². The van der Waals surface area contributed by atoms with Gasteiger partial charge in [0.1, 0.15) is 5.75 Å². The van der Waals surface area contributed by atoms with Gasteiger partial charge in [0.2, 0.25) is 5.91 Å². The molecule has 7 heteroatoms. The summed E-state index contributed by atoms with van der Waals surface area (Å²) in [6.45, 7) is 3.90. The van der Waals surface area contributed by atoms with E-state index in [-0.39, 0.29) is 11.8 Å². The van der Waals surface area contributed by atoms with E-state index in [0.717, 1.165) is 27.4 Å². The molecule has 0 saturated carbocycles. The van der Waals surface area contributed by atoms with Crippen LogP contribution in [0.25, 0.3) is 0 Å². The summed E-state index contributed by atoms with van der Waals surface area (Å²) in [5, 5.41) is 3.55. The largest absolute Gasteiger partial charge is 0.497 e. The Morgan fingerprint density at radius 2 is 1.83 bits per heavy atom. The van der Waals surface area contributed by atoms with E-state index in [1.54, 1.807) is 25.1 Å². The van der Waals surface area contributed by atoms with Gasteiger partial charge in [-0.05, 0) is 43.2 Å². The van der Waals surface area contributed by atoms with Gasteiger partial charge in [-0.3, -0.25) is 9.59 Å². The van der Waals surface area contributed by atoms with Gasteiger partial charge >= 0.3 is 0 Å². The van der Waals surface area contributed by atoms with Crippen LogP contribution in [0.5, 0.6) is 5.75 Å². The predicted molar refractivity (Wildman–Crippen MR) is 117 cm³/mol. The van der Waals surface area contributed by atoms with Crippen molar-refractivity contribution in [1.82, 2.24) is 9.88 Å². The number of hydrogen-bond acceptors (Lipinski definition) is 5. The quantitative estimate of drug-likeness (QED) is 0.681. The number of fused-ring (bicyclic) bond motifs is 1. The number of carbonyl (C=O) groups excluding carboxylic acids is 2. The van der Waals surface area contributed by atoms with E-state index >= 15 is 0 Å². The molecule has 2 amide bonds. The molecular weight excluding hydrogens is 398 g/mol. The van der Waals surface area contributed by atoms with Crippen LogP contribution in [0.3, 0.4) is 0 Å². The van der Waals surface area contributed by atoms with Crippen molar-refractivity contribution in [3.8, 4) is 5.75 Å². The summed E-state index contributed by atoms with van der Waals surface area (Å²) in [6.07, 6.45) is 0. The molecule has 0 fully saturated rings. The molecule has 0 spiro atoms. The molecule has 0 radical (unpaired) electrons. The van der Waals surface area contributed by atoms with Crippen LogP contribution in [-0.4, -0.2) is 35.9 Å². The number of hydrogen-bond donors (Lipinski definition) is 1. The van der Waals surface area contributed by atoms with Crippen LogP contribution in [0.15, 0.2) is 48.5 Å². The minimum Gasteiger partial charge on any atom is -0.497 e. The number of amides is 2. The fraction of sp³-hybridized carbons (Fsp3) is 0.261. The molecule has 0 bridgehead atoms. The number of benzene rings is 2. The molecule has 2 heterocycles. The maximum absolute atomic E-state index is 13.5. The number of ether oxygens (including phenoxy) is 1. The summed E-state index contributed by atoms with van der Waals surface area (Å²) in [6, 6.07) is 14.4. The lowest BCUT2D eigenvalue weighted by atomic mass is 9.79. The molecule has 1 N–H and O–H groups in total. The number of thiazole rings is 1. The van der Waals surface area contributed by atoms with Crippen molar-refractivity contribution in [3.05, 3.63) is 75.8 Å². The average Bonchev–Trinajstić information content (AvgIpc) is 3.07. The fourth-order valence-electron chi connectivity index (χ4n) is 3.88. The van der Waals surface area contributed by atoms with Crippen molar-refractivity contribution in [3.63, 3.8) is 0 Å². The molecule has 2 atom stereocenters. The second-order valence-corrected chi connectivity index (χ2v) is 8.55. The Bertz CT molecular complexity index is 1090. The normalized spacial score (nSPS) is 18.1. The number of methoxy groups -OCH3 is 1. The van der Waals surface area contributed by atoms with E-state index in [0.29, 0.717) is 10.7 Å². The van der Waals surface area contributed by atoms with Gasteiger partial charge in [0.05, 0.1) is 24.8 Å². The summed E-state index contributed by atoms with van der Waals surface area (Å²) in [5.74, 6) is -0.131. The van der Waals surface area contributed by atoms with Gasteiger partial charge in [-0.2, -0.15) is 0 Å². The highest BCUT2D eigenvalue weighted by Gasteiger charge is 2.42. The monoisotopic (exact) mass is 421 g/mol. The number of rotatable bonds is 4. The number of aryl methyl sites for hydroxylation is 2. The second-order valence-electron chi connectivity index (χ2n) is 7.35. The Morgan fingerprint density at radius 3 is 2.47 bits per heavy atom. The molecule has 6 nitrogen and oxygen atoms in total. The molecule has 1 aliphatic rings. The molecule has 1 aliphatic heterocycles. The minimum atomic E-state index is -0.568. The Kier molecular flexibility index (Phi) is 5.30. The summed E-state index contributed by atoms with van der Waals surface area (Å²) < 4.78 is 5.26. The van der Waals surface area contributed by atoms with Crippen molar-refractivity contribution in [2.24, 2.45) is 0 Å². The zero-order valence-corrected chi connectivity index (χ0v) is 18.1. The molecule has 3 aromatic rings. The van der Waals surface area contributed by atoms with Crippen LogP contribution >= 0.6 is 11.3 Å². The maximum atomic E-state index is 13.5. The topological polar surface area (TPSA) is 71.5 Å². The first-order chi connectivity index (χ1) is 14.4. The Labute approximate surface area is 179 Å². The highest BCUT2D eigenvalue weighted by Crippen LogP contribution is 2.43. The van der Waals surface area contributed by atoms with Gasteiger partial charge in [0, 0.05) is 17.5 Å². The van der Waals surface area contributed by atoms with Crippen LogP contribution in [0.4, 0.5) is 5.13 Å². The molecule has 4 rings (SSSR count). The molecule has 30 heavy (non-hydrogen) atoms. The van der Waals surface area contributed by atoms with E-state index in [4.69, 9.17) is 4.74 Å². The minimum absolute atomic E-state index is 0.101. The van der Waals surface area contributed by atoms with Crippen molar-refractivity contribution < 1.29 is 14.3 Å². The number of likely N-dealkylation sites (N-methyl/N-ethyl adjacent to an activating group) is 1. The first-order valence-corrected chi connectivity index (χ1v) is 10.5. The maximum Gasteiger partial charge on any atom is 0.254 e. The Hall–Kier alpha value is -3.19. The lowest BCUT2D eigenvalue weighted by molar-refractivity contribution is -0.119. The molecule has 2 aromatic carbocycles. The lowest BCUT2D eigenvalue weighted by Crippen LogP contribution is -2.44. The van der Waals surface area contributed by atoms with Crippen molar-refractivity contribution in [1.29, 1.82) is 0 Å². The van der Waals surface area contributed by atoms with E-state index in [9.17, 15) is 9.59 Å². The number of nitrogens with zero attached hydrogens (tertiary/aromatic N) is 2. The van der Waals surface area contributed by atoms with Gasteiger partial charge in [0.15, 0.2) is 5.13 Å². The molecular formula is C23H23N3O3S. The fourth-order valence-corrected chi connectivity index (χ4v) is 4.70. The predicted octanol–water partition coefficient (Wildman–Crippen LogP) is 4.32. The van der Waals surface area contributed by atoms with Crippen LogP contribution < -0.4 is 10.1 Å². The van der Waals surface area contributed by atoms with Gasteiger partial charge in [-0.1, -0.05) is 30.3 Å². The molecule has 0 saturated heterocycles. The summed E-state index contributed by atoms with van der Waals surface area (Å²) in [5.41, 5.74) is 3.05. The van der Waals surface area contributed by atoms with Gasteiger partial charge in [0.25, 0.3) is 5.91 Å². The van der Waals surface area contributed by atoms with Crippen LogP contribution in [-0.2, 0) is 4.79 Å². The van der Waals surface area contributed by atoms with E-state index in [2.05, 4.69) is 10.3 Å². The Balaban J connectivity index is 1.79. The van der Waals surface area contributed by atoms with Crippen molar-refractivity contribution >= 4 is 28.3 Å². The zero-order chi connectivity index (χ0) is 21.4. The van der Waals surface area contributed by atoms with Gasteiger partial charge in [-0.15, -0.1) is 11.3 Å². The highest BCUT2D eigenvalue weighted by atomic mass is 32.1. The summed E-state index contributed by atoms with van der Waals surface area (Å²) >= 11 is 1.45. The number of carbonyl (C=O) groups is 2. The zero-order valence-electron chi connectivity index (χ0n) is 17.3. The van der Waals surface area contributed by atoms with E-state index in [1.807, 2.05) is 56.3 Å². The van der Waals surface area contributed by atoms with Crippen LogP contribution in [0.1, 0.15) is 44.0 Å². The highest BCUT2D eigenvalue weighted by molar-refractivity contribution is 7.15. The van der Waals surface area contributed by atoms with Crippen LogP contribution in [0, 0.1) is 13.8 Å². The first-order valence-electron chi connectivity index (χ1n) is 9.65. The lowest BCUT2D eigenvalue weighted by Gasteiger charge is -2.39. The number of anilines is 1. The summed E-state index contributed by atoms with van der Waals surface area (Å²) in [4.78, 5) is 33.7. The van der Waals surface area contributed by atoms with E-state index in [1.165, 1.54) is 11.3 Å². The molecule has 1 aromatic heterocycles. The van der Waals surface area contributed by atoms with Crippen molar-refractivity contribution in [2.75, 3.05) is 19.5 Å². The standard InChI is InChI=1S/C23H23N3O3S/c1-13-14(2)30-23(24-13)25-21(27)19-17-7-5-6-8-18(17)22(28)26(3)20(19)15-9-11-16(29-4)12-10-15/h5-12,19-20H,1-4H3,(H,24,25,27)/t19-,20-/m0/s1. The molecule has 154 valence electrons. The van der Waals surface area contributed by atoms with Crippen LogP contribution in [0.2, 0.25) is 0 Å². The number of aromatic nitrogens is 1. The van der Waals surface area contributed by atoms with Gasteiger partial charge in [-0.25, -0.2) is 4.98 Å². The van der Waals surface area contributed by atoms with E-state index < -0.39 is 12.0 Å². The second kappa shape index (κ2) is 7.91. The number of nitrogens with one attached hydrogen (secondary N) is 1. The Morgan fingerprint density at radius 1 is 1.13 bits per heavy atom. The SMILES string of the molecule is COc1ccc([C@H]2[C@@H](C(=O)Nc3nc(C)c(C)s3)c3ccccc3C(=O)N2C)cc1. The third kappa shape index (κ3) is 3.45. The average molecular weight is 422 g/mol. The van der Waals surface area contributed by atoms with Crippen molar-refractivity contribution in [2.45, 2.75) is 25.8 Å².